The molecule has 1 atom stereocenters. The monoisotopic (exact) mass is 311 g/mol. The van der Waals surface area contributed by atoms with Gasteiger partial charge in [0.2, 0.25) is 5.91 Å². The summed E-state index contributed by atoms with van der Waals surface area (Å²) in [6, 6.07) is 10.5. The highest BCUT2D eigenvalue weighted by molar-refractivity contribution is 5.76. The normalized spacial score (nSPS) is 15.9. The van der Waals surface area contributed by atoms with Crippen molar-refractivity contribution in [3.8, 4) is 0 Å². The Hall–Kier alpha value is -2.10. The molecule has 4 nitrogen and oxygen atoms in total. The fourth-order valence-corrected chi connectivity index (χ4v) is 3.20. The van der Waals surface area contributed by atoms with E-state index in [4.69, 9.17) is 0 Å². The van der Waals surface area contributed by atoms with Crippen molar-refractivity contribution >= 4 is 5.91 Å². The zero-order chi connectivity index (χ0) is 16.1. The summed E-state index contributed by atoms with van der Waals surface area (Å²) in [5.74, 6) is 1.75. The first-order valence-corrected chi connectivity index (χ1v) is 8.56. The maximum Gasteiger partial charge on any atom is 0.220 e. The highest BCUT2D eigenvalue weighted by Gasteiger charge is 2.29. The van der Waals surface area contributed by atoms with Gasteiger partial charge in [-0.2, -0.15) is 0 Å². The van der Waals surface area contributed by atoms with Gasteiger partial charge in [-0.1, -0.05) is 36.8 Å². The molecule has 23 heavy (non-hydrogen) atoms. The largest absolute Gasteiger partial charge is 0.349 e. The summed E-state index contributed by atoms with van der Waals surface area (Å²) in [7, 11) is 0. The van der Waals surface area contributed by atoms with E-state index in [-0.39, 0.29) is 11.9 Å². The van der Waals surface area contributed by atoms with Gasteiger partial charge in [0.1, 0.15) is 5.82 Å². The zero-order valence-corrected chi connectivity index (χ0v) is 13.7. The maximum absolute atomic E-state index is 12.3. The van der Waals surface area contributed by atoms with Gasteiger partial charge in [-0.3, -0.25) is 4.79 Å². The van der Waals surface area contributed by atoms with Gasteiger partial charge in [-0.15, -0.1) is 0 Å². The summed E-state index contributed by atoms with van der Waals surface area (Å²) >= 11 is 0. The molecule has 0 radical (unpaired) electrons. The predicted molar refractivity (Wildman–Crippen MR) is 90.9 cm³/mol. The van der Waals surface area contributed by atoms with E-state index in [1.54, 1.807) is 6.20 Å². The number of hydrogen-bond acceptors (Lipinski definition) is 2. The van der Waals surface area contributed by atoms with Gasteiger partial charge in [-0.05, 0) is 37.7 Å². The fraction of sp³-hybridized carbons (Fsp3) is 0.474. The van der Waals surface area contributed by atoms with Gasteiger partial charge in [0.05, 0.1) is 6.04 Å². The van der Waals surface area contributed by atoms with Crippen LogP contribution in [0.2, 0.25) is 0 Å². The van der Waals surface area contributed by atoms with Crippen molar-refractivity contribution in [2.24, 2.45) is 5.92 Å². The Balaban J connectivity index is 1.53. The Bertz CT molecular complexity index is 631. The Morgan fingerprint density at radius 3 is 2.74 bits per heavy atom. The summed E-state index contributed by atoms with van der Waals surface area (Å²) in [6.07, 6.45) is 8.89. The topological polar surface area (TPSA) is 46.9 Å². The third-order valence-electron chi connectivity index (χ3n) is 4.82. The van der Waals surface area contributed by atoms with E-state index in [9.17, 15) is 4.79 Å². The smallest absolute Gasteiger partial charge is 0.220 e. The minimum atomic E-state index is 0.156. The van der Waals surface area contributed by atoms with Gasteiger partial charge in [0.25, 0.3) is 0 Å². The van der Waals surface area contributed by atoms with Crippen molar-refractivity contribution in [3.05, 3.63) is 54.1 Å². The molecule has 0 unspecified atom stereocenters. The quantitative estimate of drug-likeness (QED) is 0.849. The Labute approximate surface area is 137 Å². The van der Waals surface area contributed by atoms with Crippen LogP contribution in [0.15, 0.2) is 42.7 Å². The van der Waals surface area contributed by atoms with Crippen LogP contribution in [0.4, 0.5) is 0 Å². The summed E-state index contributed by atoms with van der Waals surface area (Å²) in [5, 5.41) is 3.27. The molecule has 1 N–H and O–H groups in total. The number of rotatable bonds is 7. The number of amides is 1. The second-order valence-electron chi connectivity index (χ2n) is 6.42. The first-order chi connectivity index (χ1) is 11.2. The van der Waals surface area contributed by atoms with E-state index in [2.05, 4.69) is 39.1 Å². The molecule has 0 aliphatic heterocycles. The Kier molecular flexibility index (Phi) is 5.11. The van der Waals surface area contributed by atoms with E-state index < -0.39 is 0 Å². The molecule has 1 fully saturated rings. The number of nitrogens with one attached hydrogen (secondary N) is 1. The molecule has 0 spiro atoms. The number of carbonyl (C=O) groups excluding carboxylic acids is 1. The number of carbonyl (C=O) groups is 1. The molecule has 4 heteroatoms. The summed E-state index contributed by atoms with van der Waals surface area (Å²) in [4.78, 5) is 16.6. The van der Waals surface area contributed by atoms with Crippen LogP contribution in [0.5, 0.6) is 0 Å². The molecular weight excluding hydrogens is 286 g/mol. The minimum absolute atomic E-state index is 0.156. The number of imidazole rings is 1. The Morgan fingerprint density at radius 1 is 1.35 bits per heavy atom. The molecule has 1 aromatic heterocycles. The van der Waals surface area contributed by atoms with Crippen LogP contribution in [0, 0.1) is 12.8 Å². The molecule has 1 amide bonds. The lowest BCUT2D eigenvalue weighted by Gasteiger charge is -2.34. The standard InChI is InChI=1S/C19H25N3O/c1-15-20-12-14-22(15)13-6-11-18(23)21-19(17-9-5-10-17)16-7-3-2-4-8-16/h2-4,7-8,12,14,17,19H,5-6,9-11,13H2,1H3,(H,21,23)/t19-/m0/s1. The molecule has 2 aromatic rings. The van der Waals surface area contributed by atoms with Crippen LogP contribution in [-0.2, 0) is 11.3 Å². The SMILES string of the molecule is Cc1nccn1CCCC(=O)N[C@@H](c1ccccc1)C1CCC1. The zero-order valence-electron chi connectivity index (χ0n) is 13.7. The average Bonchev–Trinajstić information content (AvgIpc) is 2.91. The van der Waals surface area contributed by atoms with Crippen molar-refractivity contribution in [1.82, 2.24) is 14.9 Å². The molecule has 1 aliphatic carbocycles. The molecule has 1 saturated carbocycles. The van der Waals surface area contributed by atoms with Crippen LogP contribution in [-0.4, -0.2) is 15.5 Å². The Morgan fingerprint density at radius 2 is 2.13 bits per heavy atom. The van der Waals surface area contributed by atoms with Crippen LogP contribution < -0.4 is 5.32 Å². The van der Waals surface area contributed by atoms with Gasteiger partial charge >= 0.3 is 0 Å². The van der Waals surface area contributed by atoms with E-state index in [1.165, 1.54) is 24.8 Å². The number of benzene rings is 1. The third-order valence-corrected chi connectivity index (χ3v) is 4.82. The number of hydrogen-bond donors (Lipinski definition) is 1. The second kappa shape index (κ2) is 7.44. The van der Waals surface area contributed by atoms with E-state index in [1.807, 2.05) is 19.2 Å². The van der Waals surface area contributed by atoms with Crippen molar-refractivity contribution in [2.45, 2.75) is 51.6 Å². The molecule has 0 bridgehead atoms. The molecule has 3 rings (SSSR count). The number of aryl methyl sites for hydroxylation is 2. The van der Waals surface area contributed by atoms with E-state index >= 15 is 0 Å². The maximum atomic E-state index is 12.3. The molecule has 122 valence electrons. The van der Waals surface area contributed by atoms with Crippen LogP contribution in [0.3, 0.4) is 0 Å². The first-order valence-electron chi connectivity index (χ1n) is 8.56. The number of nitrogens with zero attached hydrogens (tertiary/aromatic N) is 2. The molecule has 1 heterocycles. The highest BCUT2D eigenvalue weighted by Crippen LogP contribution is 2.37. The van der Waals surface area contributed by atoms with Crippen LogP contribution in [0.1, 0.15) is 49.5 Å². The lowest BCUT2D eigenvalue weighted by atomic mass is 9.77. The predicted octanol–water partition coefficient (Wildman–Crippen LogP) is 3.63. The lowest BCUT2D eigenvalue weighted by Crippen LogP contribution is -2.36. The molecular formula is C19H25N3O. The first kappa shape index (κ1) is 15.8. The lowest BCUT2D eigenvalue weighted by molar-refractivity contribution is -0.122. The molecule has 1 aliphatic rings. The highest BCUT2D eigenvalue weighted by atomic mass is 16.1. The average molecular weight is 311 g/mol. The van der Waals surface area contributed by atoms with Gasteiger partial charge in [0, 0.05) is 25.4 Å². The second-order valence-corrected chi connectivity index (χ2v) is 6.42. The van der Waals surface area contributed by atoms with Crippen LogP contribution in [0.25, 0.3) is 0 Å². The summed E-state index contributed by atoms with van der Waals surface area (Å²) in [5.41, 5.74) is 1.23. The number of aromatic nitrogens is 2. The van der Waals surface area contributed by atoms with Crippen molar-refractivity contribution in [3.63, 3.8) is 0 Å². The summed E-state index contributed by atoms with van der Waals surface area (Å²) in [6.45, 7) is 2.83. The van der Waals surface area contributed by atoms with Gasteiger partial charge < -0.3 is 9.88 Å². The minimum Gasteiger partial charge on any atom is -0.349 e. The fourth-order valence-electron chi connectivity index (χ4n) is 3.20. The molecule has 1 aromatic carbocycles. The van der Waals surface area contributed by atoms with Crippen molar-refractivity contribution in [2.75, 3.05) is 0 Å². The van der Waals surface area contributed by atoms with E-state index in [0.717, 1.165) is 18.8 Å². The van der Waals surface area contributed by atoms with Crippen molar-refractivity contribution < 1.29 is 4.79 Å². The van der Waals surface area contributed by atoms with Gasteiger partial charge in [-0.25, -0.2) is 4.98 Å². The van der Waals surface area contributed by atoms with E-state index in [0.29, 0.717) is 12.3 Å². The van der Waals surface area contributed by atoms with Gasteiger partial charge in [0.15, 0.2) is 0 Å². The third kappa shape index (κ3) is 4.01. The molecule has 0 saturated heterocycles. The van der Waals surface area contributed by atoms with Crippen LogP contribution >= 0.6 is 0 Å². The van der Waals surface area contributed by atoms with Crippen molar-refractivity contribution in [1.29, 1.82) is 0 Å². The summed E-state index contributed by atoms with van der Waals surface area (Å²) < 4.78 is 2.09.